The summed E-state index contributed by atoms with van der Waals surface area (Å²) in [5.74, 6) is 1.55. The van der Waals surface area contributed by atoms with E-state index in [1.165, 1.54) is 12.4 Å². The maximum Gasteiger partial charge on any atom is 0.266 e. The van der Waals surface area contributed by atoms with Gasteiger partial charge in [-0.3, -0.25) is 9.78 Å². The van der Waals surface area contributed by atoms with Crippen LogP contribution in [0.15, 0.2) is 18.5 Å². The summed E-state index contributed by atoms with van der Waals surface area (Å²) < 4.78 is 24.7. The van der Waals surface area contributed by atoms with E-state index in [-0.39, 0.29) is 5.56 Å². The van der Waals surface area contributed by atoms with Gasteiger partial charge in [0.1, 0.15) is 0 Å². The van der Waals surface area contributed by atoms with E-state index in [9.17, 15) is 13.2 Å². The summed E-state index contributed by atoms with van der Waals surface area (Å²) in [5, 5.41) is 0. The van der Waals surface area contributed by atoms with E-state index in [1.807, 2.05) is 4.72 Å². The molecule has 1 fully saturated rings. The summed E-state index contributed by atoms with van der Waals surface area (Å²) >= 11 is 0. The second kappa shape index (κ2) is 4.10. The molecule has 0 unspecified atom stereocenters. The molecule has 0 aromatic carbocycles. The lowest BCUT2D eigenvalue weighted by molar-refractivity contribution is 0.0980. The molecular weight excluding hydrogens is 252 g/mol. The zero-order valence-electron chi connectivity index (χ0n) is 9.80. The summed E-state index contributed by atoms with van der Waals surface area (Å²) in [6.07, 6.45) is 8.84. The van der Waals surface area contributed by atoms with Gasteiger partial charge in [0.15, 0.2) is 4.75 Å². The fraction of sp³-hybridized carbons (Fsp3) is 0.333. The van der Waals surface area contributed by atoms with Crippen LogP contribution in [0.25, 0.3) is 0 Å². The number of carbonyl (C=O) groups is 1. The van der Waals surface area contributed by atoms with Crippen LogP contribution in [0.4, 0.5) is 0 Å². The molecule has 1 saturated carbocycles. The van der Waals surface area contributed by atoms with Gasteiger partial charge < -0.3 is 0 Å². The van der Waals surface area contributed by atoms with Gasteiger partial charge in [-0.15, -0.1) is 6.42 Å². The van der Waals surface area contributed by atoms with Crippen LogP contribution in [-0.2, 0) is 10.0 Å². The van der Waals surface area contributed by atoms with E-state index in [4.69, 9.17) is 6.42 Å². The first-order valence-electron chi connectivity index (χ1n) is 5.37. The Hall–Kier alpha value is -1.87. The fourth-order valence-electron chi connectivity index (χ4n) is 1.58. The van der Waals surface area contributed by atoms with Crippen molar-refractivity contribution >= 4 is 15.9 Å². The van der Waals surface area contributed by atoms with Crippen molar-refractivity contribution in [2.45, 2.75) is 24.5 Å². The highest BCUT2D eigenvalue weighted by Crippen LogP contribution is 2.42. The lowest BCUT2D eigenvalue weighted by Gasteiger charge is -2.12. The Labute approximate surface area is 106 Å². The average Bonchev–Trinajstić information content (AvgIpc) is 3.10. The average molecular weight is 264 g/mol. The number of carbonyl (C=O) groups excluding carboxylic acids is 1. The number of hydrogen-bond donors (Lipinski definition) is 1. The SMILES string of the molecule is C#CC1(S(=O)(=O)NC(=O)c2cnccc2C)CC1. The van der Waals surface area contributed by atoms with Gasteiger partial charge in [-0.25, -0.2) is 13.1 Å². The summed E-state index contributed by atoms with van der Waals surface area (Å²) in [7, 11) is -3.83. The van der Waals surface area contributed by atoms with Crippen molar-refractivity contribution in [3.8, 4) is 12.3 Å². The predicted molar refractivity (Wildman–Crippen MR) is 66.2 cm³/mol. The smallest absolute Gasteiger partial charge is 0.266 e. The van der Waals surface area contributed by atoms with Gasteiger partial charge in [0.2, 0.25) is 0 Å². The van der Waals surface area contributed by atoms with E-state index in [0.717, 1.165) is 0 Å². The molecule has 94 valence electrons. The van der Waals surface area contributed by atoms with Crippen LogP contribution in [-0.4, -0.2) is 24.1 Å². The predicted octanol–water partition coefficient (Wildman–Crippen LogP) is 0.615. The van der Waals surface area contributed by atoms with Gasteiger partial charge >= 0.3 is 0 Å². The number of nitrogens with zero attached hydrogens (tertiary/aromatic N) is 1. The minimum absolute atomic E-state index is 0.230. The molecule has 1 aliphatic rings. The number of aryl methyl sites for hydroxylation is 1. The third-order valence-electron chi connectivity index (χ3n) is 2.99. The summed E-state index contributed by atoms with van der Waals surface area (Å²) in [5.41, 5.74) is 0.886. The Morgan fingerprint density at radius 3 is 2.72 bits per heavy atom. The molecule has 1 aliphatic carbocycles. The van der Waals surface area contributed by atoms with Crippen molar-refractivity contribution in [2.75, 3.05) is 0 Å². The standard InChI is InChI=1S/C12H12N2O3S/c1-3-12(5-6-12)18(16,17)14-11(15)10-8-13-7-4-9(10)2/h1,4,7-8H,5-6H2,2H3,(H,14,15). The number of nitrogens with one attached hydrogen (secondary N) is 1. The molecule has 1 aromatic rings. The third kappa shape index (κ3) is 1.97. The summed E-state index contributed by atoms with van der Waals surface area (Å²) in [6.45, 7) is 1.71. The maximum absolute atomic E-state index is 11.9. The van der Waals surface area contributed by atoms with Crippen LogP contribution in [0.3, 0.4) is 0 Å². The summed E-state index contributed by atoms with van der Waals surface area (Å²) in [4.78, 5) is 15.7. The second-order valence-corrected chi connectivity index (χ2v) is 6.26. The number of pyridine rings is 1. The van der Waals surface area contributed by atoms with Crippen LogP contribution < -0.4 is 4.72 Å². The van der Waals surface area contributed by atoms with E-state index in [0.29, 0.717) is 18.4 Å². The highest BCUT2D eigenvalue weighted by molar-refractivity contribution is 7.92. The van der Waals surface area contributed by atoms with Crippen molar-refractivity contribution in [3.63, 3.8) is 0 Å². The maximum atomic E-state index is 11.9. The first-order valence-corrected chi connectivity index (χ1v) is 6.85. The molecule has 6 heteroatoms. The van der Waals surface area contributed by atoms with Gasteiger partial charge in [-0.05, 0) is 31.4 Å². The van der Waals surface area contributed by atoms with Crippen LogP contribution in [0.1, 0.15) is 28.8 Å². The molecule has 0 saturated heterocycles. The topological polar surface area (TPSA) is 76.1 Å². The van der Waals surface area contributed by atoms with Gasteiger partial charge in [-0.2, -0.15) is 0 Å². The number of aromatic nitrogens is 1. The van der Waals surface area contributed by atoms with E-state index in [1.54, 1.807) is 13.0 Å². The Kier molecular flexibility index (Phi) is 2.87. The van der Waals surface area contributed by atoms with Crippen molar-refractivity contribution in [1.82, 2.24) is 9.71 Å². The fourth-order valence-corrected chi connectivity index (χ4v) is 2.92. The number of terminal acetylenes is 1. The van der Waals surface area contributed by atoms with Crippen molar-refractivity contribution < 1.29 is 13.2 Å². The molecule has 1 heterocycles. The van der Waals surface area contributed by atoms with Crippen LogP contribution in [0, 0.1) is 19.3 Å². The Morgan fingerprint density at radius 2 is 2.22 bits per heavy atom. The molecule has 1 N–H and O–H groups in total. The van der Waals surface area contributed by atoms with Crippen LogP contribution in [0.2, 0.25) is 0 Å². The highest BCUT2D eigenvalue weighted by Gasteiger charge is 2.54. The van der Waals surface area contributed by atoms with E-state index < -0.39 is 20.7 Å². The van der Waals surface area contributed by atoms with Gasteiger partial charge in [0.05, 0.1) is 5.56 Å². The zero-order chi connectivity index (χ0) is 13.4. The van der Waals surface area contributed by atoms with Gasteiger partial charge in [0, 0.05) is 12.4 Å². The number of amides is 1. The first-order chi connectivity index (χ1) is 8.42. The Balaban J connectivity index is 2.24. The lowest BCUT2D eigenvalue weighted by atomic mass is 10.1. The molecule has 5 nitrogen and oxygen atoms in total. The first kappa shape index (κ1) is 12.6. The minimum Gasteiger partial charge on any atom is -0.268 e. The highest BCUT2D eigenvalue weighted by atomic mass is 32.2. The van der Waals surface area contributed by atoms with E-state index >= 15 is 0 Å². The van der Waals surface area contributed by atoms with Crippen molar-refractivity contribution in [1.29, 1.82) is 0 Å². The molecule has 1 amide bonds. The van der Waals surface area contributed by atoms with Crippen molar-refractivity contribution in [2.24, 2.45) is 0 Å². The molecule has 18 heavy (non-hydrogen) atoms. The van der Waals surface area contributed by atoms with Gasteiger partial charge in [0.25, 0.3) is 15.9 Å². The third-order valence-corrected chi connectivity index (χ3v) is 5.00. The van der Waals surface area contributed by atoms with Crippen LogP contribution >= 0.6 is 0 Å². The molecule has 0 bridgehead atoms. The van der Waals surface area contributed by atoms with E-state index in [2.05, 4.69) is 10.9 Å². The molecule has 1 aromatic heterocycles. The normalized spacial score (nSPS) is 16.7. The molecule has 0 spiro atoms. The Bertz CT molecular complexity index is 640. The largest absolute Gasteiger partial charge is 0.268 e. The zero-order valence-corrected chi connectivity index (χ0v) is 10.6. The molecule has 2 rings (SSSR count). The number of rotatable bonds is 3. The van der Waals surface area contributed by atoms with Crippen molar-refractivity contribution in [3.05, 3.63) is 29.6 Å². The molecule has 0 aliphatic heterocycles. The number of sulfonamides is 1. The minimum atomic E-state index is -3.83. The van der Waals surface area contributed by atoms with Crippen LogP contribution in [0.5, 0.6) is 0 Å². The molecule has 0 atom stereocenters. The van der Waals surface area contributed by atoms with Gasteiger partial charge in [-0.1, -0.05) is 5.92 Å². The lowest BCUT2D eigenvalue weighted by Crippen LogP contribution is -2.39. The quantitative estimate of drug-likeness (QED) is 0.812. The summed E-state index contributed by atoms with van der Waals surface area (Å²) in [6, 6.07) is 1.63. The Morgan fingerprint density at radius 1 is 1.56 bits per heavy atom. The molecular formula is C12H12N2O3S. The second-order valence-electron chi connectivity index (χ2n) is 4.26. The monoisotopic (exact) mass is 264 g/mol. The molecule has 0 radical (unpaired) electrons. The number of hydrogen-bond acceptors (Lipinski definition) is 4.